The molecule has 2 aliphatic rings. The van der Waals surface area contributed by atoms with Crippen molar-refractivity contribution in [2.24, 2.45) is 0 Å². The summed E-state index contributed by atoms with van der Waals surface area (Å²) >= 11 is 0. The molecule has 13 heavy (non-hydrogen) atoms. The number of rotatable bonds is 1. The van der Waals surface area contributed by atoms with Crippen molar-refractivity contribution >= 4 is 5.69 Å². The van der Waals surface area contributed by atoms with Crippen molar-refractivity contribution in [1.29, 1.82) is 0 Å². The van der Waals surface area contributed by atoms with Crippen molar-refractivity contribution in [2.45, 2.75) is 24.9 Å². The molecule has 2 N–H and O–H groups in total. The molecule has 0 radical (unpaired) electrons. The van der Waals surface area contributed by atoms with Gasteiger partial charge in [-0.05, 0) is 30.0 Å². The molecule has 2 heteroatoms. The maximum absolute atomic E-state index is 9.04. The highest BCUT2D eigenvalue weighted by Gasteiger charge is 2.48. The second-order valence-corrected chi connectivity index (χ2v) is 4.17. The monoisotopic (exact) mass is 175 g/mol. The molecule has 1 aromatic rings. The number of hydrogen-bond donors (Lipinski definition) is 2. The molecule has 1 aliphatic heterocycles. The first-order valence-electron chi connectivity index (χ1n) is 4.82. The third kappa shape index (κ3) is 0.923. The predicted molar refractivity (Wildman–Crippen MR) is 51.8 cm³/mol. The average Bonchev–Trinajstić information content (AvgIpc) is 2.86. The maximum Gasteiger partial charge on any atom is 0.0681 e. The van der Waals surface area contributed by atoms with E-state index in [0.717, 1.165) is 12.1 Å². The van der Waals surface area contributed by atoms with Gasteiger partial charge in [-0.1, -0.05) is 12.1 Å². The Morgan fingerprint density at radius 3 is 2.92 bits per heavy atom. The summed E-state index contributed by atoms with van der Waals surface area (Å²) in [5.74, 6) is 0. The van der Waals surface area contributed by atoms with Gasteiger partial charge in [0.1, 0.15) is 0 Å². The highest BCUT2D eigenvalue weighted by molar-refractivity contribution is 5.63. The van der Waals surface area contributed by atoms with Gasteiger partial charge in [-0.3, -0.25) is 0 Å². The lowest BCUT2D eigenvalue weighted by atomic mass is 9.97. The van der Waals surface area contributed by atoms with Crippen LogP contribution in [0.2, 0.25) is 0 Å². The van der Waals surface area contributed by atoms with Crippen LogP contribution in [0, 0.1) is 0 Å². The minimum atomic E-state index is 0.156. The van der Waals surface area contributed by atoms with Gasteiger partial charge in [0.15, 0.2) is 0 Å². The number of hydrogen-bond acceptors (Lipinski definition) is 2. The molecule has 3 rings (SSSR count). The molecule has 0 unspecified atom stereocenters. The van der Waals surface area contributed by atoms with Gasteiger partial charge in [-0.25, -0.2) is 0 Å². The van der Waals surface area contributed by atoms with E-state index in [1.165, 1.54) is 24.1 Å². The Morgan fingerprint density at radius 2 is 2.23 bits per heavy atom. The Bertz CT molecular complexity index is 355. The minimum Gasteiger partial charge on any atom is -0.392 e. The molecule has 68 valence electrons. The molecule has 1 aliphatic carbocycles. The van der Waals surface area contributed by atoms with Crippen LogP contribution in [0.1, 0.15) is 24.0 Å². The lowest BCUT2D eigenvalue weighted by Crippen LogP contribution is -2.08. The molecule has 0 atom stereocenters. The van der Waals surface area contributed by atoms with E-state index in [9.17, 15) is 0 Å². The first-order valence-corrected chi connectivity index (χ1v) is 4.82. The van der Waals surface area contributed by atoms with Crippen molar-refractivity contribution in [2.75, 3.05) is 11.9 Å². The molecule has 0 saturated heterocycles. The maximum atomic E-state index is 9.04. The van der Waals surface area contributed by atoms with E-state index >= 15 is 0 Å². The fourth-order valence-electron chi connectivity index (χ4n) is 2.24. The molecular formula is C11H13NO. The lowest BCUT2D eigenvalue weighted by Gasteiger charge is -2.06. The third-order valence-corrected chi connectivity index (χ3v) is 3.31. The number of nitrogens with one attached hydrogen (secondary N) is 1. The van der Waals surface area contributed by atoms with Crippen LogP contribution in [-0.2, 0) is 12.0 Å². The van der Waals surface area contributed by atoms with Gasteiger partial charge in [0.25, 0.3) is 0 Å². The van der Waals surface area contributed by atoms with Crippen LogP contribution in [0.25, 0.3) is 0 Å². The molecule has 1 heterocycles. The largest absolute Gasteiger partial charge is 0.392 e. The summed E-state index contributed by atoms with van der Waals surface area (Å²) in [6.45, 7) is 1.25. The van der Waals surface area contributed by atoms with Gasteiger partial charge >= 0.3 is 0 Å². The first-order chi connectivity index (χ1) is 6.34. The first kappa shape index (κ1) is 7.39. The van der Waals surface area contributed by atoms with Gasteiger partial charge < -0.3 is 10.4 Å². The van der Waals surface area contributed by atoms with E-state index < -0.39 is 0 Å². The highest BCUT2D eigenvalue weighted by atomic mass is 16.3. The molecular weight excluding hydrogens is 162 g/mol. The fraction of sp³-hybridized carbons (Fsp3) is 0.455. The van der Waals surface area contributed by atoms with Gasteiger partial charge in [0.05, 0.1) is 6.61 Å². The quantitative estimate of drug-likeness (QED) is 0.680. The van der Waals surface area contributed by atoms with Crippen molar-refractivity contribution in [3.05, 3.63) is 29.3 Å². The molecule has 0 aromatic heterocycles. The van der Waals surface area contributed by atoms with Crippen molar-refractivity contribution in [3.63, 3.8) is 0 Å². The van der Waals surface area contributed by atoms with Crippen LogP contribution in [0.3, 0.4) is 0 Å². The zero-order chi connectivity index (χ0) is 8.89. The normalized spacial score (nSPS) is 21.3. The molecule has 0 amide bonds. The Hall–Kier alpha value is -1.02. The molecule has 2 nitrogen and oxygen atoms in total. The summed E-state index contributed by atoms with van der Waals surface area (Å²) in [4.78, 5) is 0. The van der Waals surface area contributed by atoms with Crippen LogP contribution in [0.4, 0.5) is 5.69 Å². The van der Waals surface area contributed by atoms with E-state index in [0.29, 0.717) is 5.41 Å². The highest BCUT2D eigenvalue weighted by Crippen LogP contribution is 2.54. The van der Waals surface area contributed by atoms with Crippen LogP contribution in [-0.4, -0.2) is 11.7 Å². The molecule has 1 saturated carbocycles. The van der Waals surface area contributed by atoms with E-state index in [2.05, 4.69) is 17.4 Å². The van der Waals surface area contributed by atoms with E-state index in [1.54, 1.807) is 0 Å². The summed E-state index contributed by atoms with van der Waals surface area (Å²) in [5.41, 5.74) is 4.18. The Balaban J connectivity index is 2.12. The molecule has 1 aromatic carbocycles. The van der Waals surface area contributed by atoms with E-state index in [-0.39, 0.29) is 6.61 Å². The molecule has 1 spiro atoms. The number of anilines is 1. The summed E-state index contributed by atoms with van der Waals surface area (Å²) in [6.07, 6.45) is 2.61. The molecule has 0 bridgehead atoms. The summed E-state index contributed by atoms with van der Waals surface area (Å²) in [5, 5.41) is 12.5. The number of benzene rings is 1. The van der Waals surface area contributed by atoms with Gasteiger partial charge in [-0.15, -0.1) is 0 Å². The van der Waals surface area contributed by atoms with Gasteiger partial charge in [-0.2, -0.15) is 0 Å². The molecule has 1 fully saturated rings. The summed E-state index contributed by atoms with van der Waals surface area (Å²) in [6, 6.07) is 6.24. The SMILES string of the molecule is OCc1ccc2c(c1)C1(CC1)CN2. The lowest BCUT2D eigenvalue weighted by molar-refractivity contribution is 0.281. The van der Waals surface area contributed by atoms with Crippen molar-refractivity contribution < 1.29 is 5.11 Å². The number of aliphatic hydroxyl groups is 1. The second kappa shape index (κ2) is 2.26. The number of fused-ring (bicyclic) bond motifs is 2. The van der Waals surface area contributed by atoms with Gasteiger partial charge in [0, 0.05) is 17.6 Å². The Labute approximate surface area is 77.6 Å². The summed E-state index contributed by atoms with van der Waals surface area (Å²) in [7, 11) is 0. The van der Waals surface area contributed by atoms with E-state index in [4.69, 9.17) is 5.11 Å². The standard InChI is InChI=1S/C11H13NO/c13-6-8-1-2-10-9(5-8)11(3-4-11)7-12-10/h1-2,5,12-13H,3-4,6-7H2. The summed E-state index contributed by atoms with van der Waals surface area (Å²) < 4.78 is 0. The van der Waals surface area contributed by atoms with Crippen molar-refractivity contribution in [1.82, 2.24) is 0 Å². The topological polar surface area (TPSA) is 32.3 Å². The zero-order valence-electron chi connectivity index (χ0n) is 7.51. The Morgan fingerprint density at radius 1 is 1.38 bits per heavy atom. The van der Waals surface area contributed by atoms with Crippen LogP contribution in [0.5, 0.6) is 0 Å². The third-order valence-electron chi connectivity index (χ3n) is 3.31. The zero-order valence-corrected chi connectivity index (χ0v) is 7.51. The smallest absolute Gasteiger partial charge is 0.0681 e. The second-order valence-electron chi connectivity index (χ2n) is 4.17. The van der Waals surface area contributed by atoms with Crippen molar-refractivity contribution in [3.8, 4) is 0 Å². The average molecular weight is 175 g/mol. The van der Waals surface area contributed by atoms with Crippen LogP contribution < -0.4 is 5.32 Å². The number of aliphatic hydroxyl groups excluding tert-OH is 1. The van der Waals surface area contributed by atoms with Gasteiger partial charge in [0.2, 0.25) is 0 Å². The van der Waals surface area contributed by atoms with Crippen LogP contribution in [0.15, 0.2) is 18.2 Å². The Kier molecular flexibility index (Phi) is 1.29. The minimum absolute atomic E-state index is 0.156. The predicted octanol–water partition coefficient (Wildman–Crippen LogP) is 1.64. The fourth-order valence-corrected chi connectivity index (χ4v) is 2.24. The van der Waals surface area contributed by atoms with E-state index in [1.807, 2.05) is 6.07 Å². The van der Waals surface area contributed by atoms with Crippen LogP contribution >= 0.6 is 0 Å².